The Balaban J connectivity index is 1.70. The maximum absolute atomic E-state index is 15.0. The molecule has 3 aromatic rings. The molecule has 0 aliphatic carbocycles. The average Bonchev–Trinajstić information content (AvgIpc) is 3.34. The van der Waals surface area contributed by atoms with Gasteiger partial charge in [-0.25, -0.2) is 13.6 Å². The lowest BCUT2D eigenvalue weighted by Gasteiger charge is -2.18. The largest absolute Gasteiger partial charge is 0.496 e. The van der Waals surface area contributed by atoms with E-state index >= 15 is 0 Å². The van der Waals surface area contributed by atoms with E-state index in [0.717, 1.165) is 18.9 Å². The van der Waals surface area contributed by atoms with Gasteiger partial charge in [0.1, 0.15) is 16.5 Å². The van der Waals surface area contributed by atoms with E-state index in [2.05, 4.69) is 10.3 Å². The summed E-state index contributed by atoms with van der Waals surface area (Å²) in [6.07, 6.45) is 3.09. The number of hydrogen-bond acceptors (Lipinski definition) is 5. The van der Waals surface area contributed by atoms with Crippen LogP contribution in [0.15, 0.2) is 30.5 Å². The summed E-state index contributed by atoms with van der Waals surface area (Å²) in [5.74, 6) is -3.61. The van der Waals surface area contributed by atoms with Crippen molar-refractivity contribution in [2.45, 2.75) is 12.8 Å². The molecule has 0 bridgehead atoms. The van der Waals surface area contributed by atoms with Gasteiger partial charge >= 0.3 is 6.03 Å². The second-order valence-corrected chi connectivity index (χ2v) is 7.71. The minimum atomic E-state index is -1.19. The number of carbonyl (C=O) groups excluding carboxylic acids is 2. The van der Waals surface area contributed by atoms with Gasteiger partial charge in [-0.3, -0.25) is 9.78 Å². The summed E-state index contributed by atoms with van der Waals surface area (Å²) in [4.78, 5) is 29.7. The number of ether oxygens (including phenoxy) is 2. The molecule has 0 saturated carbocycles. The first kappa shape index (κ1) is 22.5. The molecule has 1 aromatic heterocycles. The second kappa shape index (κ2) is 9.07. The van der Waals surface area contributed by atoms with Crippen molar-refractivity contribution in [3.05, 3.63) is 52.7 Å². The van der Waals surface area contributed by atoms with Gasteiger partial charge < -0.3 is 25.4 Å². The summed E-state index contributed by atoms with van der Waals surface area (Å²) in [5.41, 5.74) is 5.57. The first-order chi connectivity index (χ1) is 15.8. The Bertz CT molecular complexity index is 1270. The highest BCUT2D eigenvalue weighted by molar-refractivity contribution is 6.34. The maximum atomic E-state index is 15.0. The van der Waals surface area contributed by atoms with Gasteiger partial charge in [-0.15, -0.1) is 0 Å². The van der Waals surface area contributed by atoms with Crippen LogP contribution in [0, 0.1) is 11.6 Å². The number of pyridine rings is 1. The van der Waals surface area contributed by atoms with Crippen LogP contribution in [0.3, 0.4) is 0 Å². The first-order valence-corrected chi connectivity index (χ1v) is 10.4. The number of halogens is 3. The number of nitrogens with zero attached hydrogens (tertiary/aromatic N) is 2. The van der Waals surface area contributed by atoms with Gasteiger partial charge in [0.25, 0.3) is 5.91 Å². The van der Waals surface area contributed by atoms with Crippen LogP contribution < -0.4 is 20.5 Å². The van der Waals surface area contributed by atoms with E-state index < -0.39 is 34.3 Å². The molecule has 0 spiro atoms. The lowest BCUT2D eigenvalue weighted by molar-refractivity contribution is 0.0997. The summed E-state index contributed by atoms with van der Waals surface area (Å²) >= 11 is 6.07. The quantitative estimate of drug-likeness (QED) is 0.519. The summed E-state index contributed by atoms with van der Waals surface area (Å²) < 4.78 is 40.5. The van der Waals surface area contributed by atoms with Crippen molar-refractivity contribution in [2.75, 3.05) is 25.5 Å². The van der Waals surface area contributed by atoms with E-state index in [1.54, 1.807) is 0 Å². The number of hydrogen-bond donors (Lipinski definition) is 2. The summed E-state index contributed by atoms with van der Waals surface area (Å²) in [7, 11) is 1.37. The summed E-state index contributed by atoms with van der Waals surface area (Å²) in [5, 5.41) is 2.20. The fourth-order valence-corrected chi connectivity index (χ4v) is 3.77. The van der Waals surface area contributed by atoms with Crippen LogP contribution in [-0.4, -0.2) is 42.0 Å². The van der Waals surface area contributed by atoms with E-state index in [0.29, 0.717) is 18.6 Å². The summed E-state index contributed by atoms with van der Waals surface area (Å²) in [6.45, 7) is 1.12. The Labute approximate surface area is 192 Å². The SMILES string of the molecule is COc1cc2nccc(Oc3c(F)cc(NC(=O)N4CCCC4)c(Cl)c3F)c2cc1C(N)=O. The molecule has 2 heterocycles. The van der Waals surface area contributed by atoms with Crippen LogP contribution in [-0.2, 0) is 0 Å². The molecule has 33 heavy (non-hydrogen) atoms. The molecule has 1 fully saturated rings. The Kier molecular flexibility index (Phi) is 6.19. The molecule has 3 N–H and O–H groups in total. The number of rotatable bonds is 5. The highest BCUT2D eigenvalue weighted by Crippen LogP contribution is 2.39. The van der Waals surface area contributed by atoms with Crippen LogP contribution in [0.5, 0.6) is 17.2 Å². The number of nitrogens with one attached hydrogen (secondary N) is 1. The number of urea groups is 1. The van der Waals surface area contributed by atoms with Crippen molar-refractivity contribution in [2.24, 2.45) is 5.73 Å². The zero-order chi connectivity index (χ0) is 23.7. The molecular weight excluding hydrogens is 458 g/mol. The molecule has 0 atom stereocenters. The molecule has 8 nitrogen and oxygen atoms in total. The Hall–Kier alpha value is -3.66. The normalized spacial score (nSPS) is 13.3. The zero-order valence-electron chi connectivity index (χ0n) is 17.5. The van der Waals surface area contributed by atoms with Gasteiger partial charge in [-0.2, -0.15) is 0 Å². The third kappa shape index (κ3) is 4.34. The van der Waals surface area contributed by atoms with Gasteiger partial charge in [-0.1, -0.05) is 11.6 Å². The van der Waals surface area contributed by atoms with Crippen LogP contribution in [0.25, 0.3) is 10.9 Å². The molecule has 1 aliphatic rings. The number of aromatic nitrogens is 1. The van der Waals surface area contributed by atoms with E-state index in [1.807, 2.05) is 0 Å². The van der Waals surface area contributed by atoms with Crippen molar-refractivity contribution in [1.29, 1.82) is 0 Å². The van der Waals surface area contributed by atoms with Crippen LogP contribution in [0.4, 0.5) is 19.3 Å². The van der Waals surface area contributed by atoms with E-state index in [1.165, 1.54) is 36.4 Å². The molecule has 3 amide bonds. The van der Waals surface area contributed by atoms with E-state index in [-0.39, 0.29) is 28.1 Å². The number of likely N-dealkylation sites (tertiary alicyclic amines) is 1. The van der Waals surface area contributed by atoms with Gasteiger partial charge in [-0.05, 0) is 25.0 Å². The molecular formula is C22H19ClF2N4O4. The number of amides is 3. The van der Waals surface area contributed by atoms with Gasteiger partial charge in [0.15, 0.2) is 17.4 Å². The third-order valence-corrected chi connectivity index (χ3v) is 5.62. The molecule has 2 aromatic carbocycles. The predicted octanol–water partition coefficient (Wildman–Crippen LogP) is 4.69. The number of methoxy groups -OCH3 is 1. The number of primary amides is 1. The lowest BCUT2D eigenvalue weighted by atomic mass is 10.1. The molecule has 4 rings (SSSR count). The minimum absolute atomic E-state index is 0.00729. The highest BCUT2D eigenvalue weighted by atomic mass is 35.5. The van der Waals surface area contributed by atoms with Crippen molar-refractivity contribution < 1.29 is 27.8 Å². The number of benzene rings is 2. The fraction of sp³-hybridized carbons (Fsp3) is 0.227. The topological polar surface area (TPSA) is 107 Å². The van der Waals surface area contributed by atoms with Crippen molar-refractivity contribution >= 4 is 40.1 Å². The number of nitrogens with two attached hydrogens (primary N) is 1. The van der Waals surface area contributed by atoms with Crippen LogP contribution >= 0.6 is 11.6 Å². The standard InChI is InChI=1S/C22H19ClF2N4O4/c1-32-17-10-14-11(8-12(17)21(26)30)16(4-5-27-14)33-20-13(24)9-15(18(23)19(20)25)28-22(31)29-6-2-3-7-29/h4-5,8-10H,2-3,6-7H2,1H3,(H2,26,30)(H,28,31). The van der Waals surface area contributed by atoms with Gasteiger partial charge in [0.05, 0.1) is 23.9 Å². The molecule has 0 radical (unpaired) electrons. The first-order valence-electron chi connectivity index (χ1n) is 9.98. The Morgan fingerprint density at radius 1 is 1.18 bits per heavy atom. The Morgan fingerprint density at radius 3 is 2.58 bits per heavy atom. The zero-order valence-corrected chi connectivity index (χ0v) is 18.2. The maximum Gasteiger partial charge on any atom is 0.321 e. The second-order valence-electron chi connectivity index (χ2n) is 7.33. The monoisotopic (exact) mass is 476 g/mol. The smallest absolute Gasteiger partial charge is 0.321 e. The van der Waals surface area contributed by atoms with Crippen molar-refractivity contribution in [1.82, 2.24) is 9.88 Å². The minimum Gasteiger partial charge on any atom is -0.496 e. The lowest BCUT2D eigenvalue weighted by Crippen LogP contribution is -2.32. The van der Waals surface area contributed by atoms with E-state index in [4.69, 9.17) is 26.8 Å². The van der Waals surface area contributed by atoms with E-state index in [9.17, 15) is 18.4 Å². The summed E-state index contributed by atoms with van der Waals surface area (Å²) in [6, 6.07) is 4.58. The fourth-order valence-electron chi connectivity index (χ4n) is 3.59. The Morgan fingerprint density at radius 2 is 1.91 bits per heavy atom. The van der Waals surface area contributed by atoms with Crippen molar-refractivity contribution in [3.8, 4) is 17.2 Å². The van der Waals surface area contributed by atoms with Gasteiger partial charge in [0.2, 0.25) is 0 Å². The molecule has 1 saturated heterocycles. The highest BCUT2D eigenvalue weighted by Gasteiger charge is 2.24. The third-order valence-electron chi connectivity index (χ3n) is 5.25. The van der Waals surface area contributed by atoms with Gasteiger partial charge in [0, 0.05) is 36.8 Å². The molecule has 1 aliphatic heterocycles. The number of carbonyl (C=O) groups is 2. The number of fused-ring (bicyclic) bond motifs is 1. The molecule has 11 heteroatoms. The van der Waals surface area contributed by atoms with Crippen LogP contribution in [0.1, 0.15) is 23.2 Å². The van der Waals surface area contributed by atoms with Crippen LogP contribution in [0.2, 0.25) is 5.02 Å². The van der Waals surface area contributed by atoms with Crippen molar-refractivity contribution in [3.63, 3.8) is 0 Å². The average molecular weight is 477 g/mol. The molecule has 0 unspecified atom stereocenters. The number of anilines is 1. The predicted molar refractivity (Wildman–Crippen MR) is 118 cm³/mol. The molecule has 172 valence electrons.